The standard InChI is InChI=1S/C11H17N3O3/c1-13-5-3-8(4-6-13)14-10(11(15)16)9(17-2)7-12-14/h7-8H,3-6H2,1-2H3,(H,15,16). The molecule has 1 N–H and O–H groups in total. The van der Waals surface area contributed by atoms with E-state index in [1.165, 1.54) is 13.3 Å². The Kier molecular flexibility index (Phi) is 3.33. The second-order valence-corrected chi connectivity index (χ2v) is 4.35. The number of carboxylic acid groups (broad SMARTS) is 1. The van der Waals surface area contributed by atoms with Crippen LogP contribution in [0.4, 0.5) is 0 Å². The molecule has 0 spiro atoms. The van der Waals surface area contributed by atoms with Crippen molar-refractivity contribution in [3.63, 3.8) is 0 Å². The highest BCUT2D eigenvalue weighted by Gasteiger charge is 2.26. The van der Waals surface area contributed by atoms with Crippen molar-refractivity contribution in [1.82, 2.24) is 14.7 Å². The van der Waals surface area contributed by atoms with Crippen molar-refractivity contribution >= 4 is 5.97 Å². The van der Waals surface area contributed by atoms with Gasteiger partial charge in [-0.05, 0) is 33.0 Å². The van der Waals surface area contributed by atoms with E-state index in [0.29, 0.717) is 5.75 Å². The average molecular weight is 239 g/mol. The van der Waals surface area contributed by atoms with Crippen molar-refractivity contribution in [1.29, 1.82) is 0 Å². The van der Waals surface area contributed by atoms with Crippen molar-refractivity contribution in [2.45, 2.75) is 18.9 Å². The fraction of sp³-hybridized carbons (Fsp3) is 0.636. The highest BCUT2D eigenvalue weighted by molar-refractivity contribution is 5.88. The summed E-state index contributed by atoms with van der Waals surface area (Å²) in [5, 5.41) is 13.3. The van der Waals surface area contributed by atoms with Gasteiger partial charge < -0.3 is 14.7 Å². The lowest BCUT2D eigenvalue weighted by atomic mass is 10.1. The first-order chi connectivity index (χ1) is 8.13. The number of nitrogens with zero attached hydrogens (tertiary/aromatic N) is 3. The van der Waals surface area contributed by atoms with Gasteiger partial charge >= 0.3 is 5.97 Å². The van der Waals surface area contributed by atoms with E-state index in [1.54, 1.807) is 4.68 Å². The third-order valence-corrected chi connectivity index (χ3v) is 3.22. The van der Waals surface area contributed by atoms with Gasteiger partial charge in [-0.3, -0.25) is 4.68 Å². The molecule has 1 aromatic rings. The molecule has 0 saturated carbocycles. The zero-order valence-corrected chi connectivity index (χ0v) is 10.1. The molecule has 1 saturated heterocycles. The molecule has 6 nitrogen and oxygen atoms in total. The van der Waals surface area contributed by atoms with Crippen molar-refractivity contribution < 1.29 is 14.6 Å². The summed E-state index contributed by atoms with van der Waals surface area (Å²) in [6, 6.07) is 0.154. The Morgan fingerprint density at radius 2 is 2.18 bits per heavy atom. The number of rotatable bonds is 3. The number of ether oxygens (including phenoxy) is 1. The molecule has 2 heterocycles. The number of hydrogen-bond donors (Lipinski definition) is 1. The number of carboxylic acids is 1. The maximum absolute atomic E-state index is 11.2. The molecule has 1 aliphatic heterocycles. The predicted octanol–water partition coefficient (Wildman–Crippen LogP) is 0.857. The smallest absolute Gasteiger partial charge is 0.358 e. The average Bonchev–Trinajstić information content (AvgIpc) is 2.73. The SMILES string of the molecule is COc1cnn(C2CCN(C)CC2)c1C(=O)O. The zero-order valence-electron chi connectivity index (χ0n) is 10.1. The van der Waals surface area contributed by atoms with E-state index in [2.05, 4.69) is 17.0 Å². The van der Waals surface area contributed by atoms with Gasteiger partial charge in [0.25, 0.3) is 0 Å². The van der Waals surface area contributed by atoms with Gasteiger partial charge in [0.1, 0.15) is 0 Å². The van der Waals surface area contributed by atoms with Gasteiger partial charge in [-0.2, -0.15) is 5.10 Å². The van der Waals surface area contributed by atoms with Gasteiger partial charge in [0.15, 0.2) is 11.4 Å². The third-order valence-electron chi connectivity index (χ3n) is 3.22. The van der Waals surface area contributed by atoms with Crippen LogP contribution in [0.5, 0.6) is 5.75 Å². The molecule has 1 aromatic heterocycles. The summed E-state index contributed by atoms with van der Waals surface area (Å²) in [6.07, 6.45) is 3.31. The maximum atomic E-state index is 11.2. The van der Waals surface area contributed by atoms with Crippen LogP contribution in [0.1, 0.15) is 29.4 Å². The normalized spacial score (nSPS) is 18.2. The Balaban J connectivity index is 2.26. The largest absolute Gasteiger partial charge is 0.493 e. The molecule has 2 rings (SSSR count). The summed E-state index contributed by atoms with van der Waals surface area (Å²) in [5.41, 5.74) is 0.155. The van der Waals surface area contributed by atoms with Gasteiger partial charge in [0.2, 0.25) is 0 Å². The topological polar surface area (TPSA) is 67.6 Å². The number of methoxy groups -OCH3 is 1. The summed E-state index contributed by atoms with van der Waals surface area (Å²) in [4.78, 5) is 13.5. The first kappa shape index (κ1) is 11.9. The number of likely N-dealkylation sites (tertiary alicyclic amines) is 1. The van der Waals surface area contributed by atoms with Gasteiger partial charge in [-0.25, -0.2) is 4.79 Å². The second-order valence-electron chi connectivity index (χ2n) is 4.35. The van der Waals surface area contributed by atoms with E-state index in [0.717, 1.165) is 25.9 Å². The van der Waals surface area contributed by atoms with E-state index >= 15 is 0 Å². The molecule has 0 radical (unpaired) electrons. The molecule has 0 aliphatic carbocycles. The fourth-order valence-corrected chi connectivity index (χ4v) is 2.22. The minimum Gasteiger partial charge on any atom is -0.493 e. The van der Waals surface area contributed by atoms with Crippen molar-refractivity contribution in [3.05, 3.63) is 11.9 Å². The molecular formula is C11H17N3O3. The highest BCUT2D eigenvalue weighted by atomic mass is 16.5. The van der Waals surface area contributed by atoms with Crippen LogP contribution in [0.15, 0.2) is 6.20 Å². The summed E-state index contributed by atoms with van der Waals surface area (Å²) in [7, 11) is 3.53. The Labute approximate surface area is 99.8 Å². The van der Waals surface area contributed by atoms with Crippen molar-refractivity contribution in [2.24, 2.45) is 0 Å². The van der Waals surface area contributed by atoms with Crippen LogP contribution in [0, 0.1) is 0 Å². The van der Waals surface area contributed by atoms with Gasteiger partial charge in [0.05, 0.1) is 19.3 Å². The lowest BCUT2D eigenvalue weighted by molar-refractivity contribution is 0.0672. The van der Waals surface area contributed by atoms with Gasteiger partial charge in [0, 0.05) is 0 Å². The minimum atomic E-state index is -0.988. The third kappa shape index (κ3) is 2.26. The summed E-state index contributed by atoms with van der Waals surface area (Å²) >= 11 is 0. The van der Waals surface area contributed by atoms with Crippen LogP contribution >= 0.6 is 0 Å². The highest BCUT2D eigenvalue weighted by Crippen LogP contribution is 2.27. The van der Waals surface area contributed by atoms with Crippen LogP contribution in [-0.2, 0) is 0 Å². The number of piperidine rings is 1. The van der Waals surface area contributed by atoms with Crippen LogP contribution in [0.2, 0.25) is 0 Å². The molecule has 1 fully saturated rings. The summed E-state index contributed by atoms with van der Waals surface area (Å²) in [5.74, 6) is -0.658. The second kappa shape index (κ2) is 4.75. The Hall–Kier alpha value is -1.56. The van der Waals surface area contributed by atoms with Gasteiger partial charge in [-0.15, -0.1) is 0 Å². The van der Waals surface area contributed by atoms with Crippen LogP contribution < -0.4 is 4.74 Å². The molecule has 0 aromatic carbocycles. The summed E-state index contributed by atoms with van der Waals surface area (Å²) in [6.45, 7) is 1.93. The number of aromatic carboxylic acids is 1. The lowest BCUT2D eigenvalue weighted by Crippen LogP contribution is -2.32. The first-order valence-corrected chi connectivity index (χ1v) is 5.66. The Morgan fingerprint density at radius 1 is 1.53 bits per heavy atom. The van der Waals surface area contributed by atoms with E-state index < -0.39 is 5.97 Å². The molecule has 0 amide bonds. The fourth-order valence-electron chi connectivity index (χ4n) is 2.22. The molecule has 17 heavy (non-hydrogen) atoms. The molecule has 0 unspecified atom stereocenters. The lowest BCUT2D eigenvalue weighted by Gasteiger charge is -2.29. The monoisotopic (exact) mass is 239 g/mol. The Morgan fingerprint density at radius 3 is 2.71 bits per heavy atom. The van der Waals surface area contributed by atoms with Crippen LogP contribution in [0.3, 0.4) is 0 Å². The van der Waals surface area contributed by atoms with Crippen molar-refractivity contribution in [3.8, 4) is 5.75 Å². The van der Waals surface area contributed by atoms with E-state index in [-0.39, 0.29) is 11.7 Å². The quantitative estimate of drug-likeness (QED) is 0.847. The maximum Gasteiger partial charge on any atom is 0.358 e. The Bertz CT molecular complexity index is 408. The van der Waals surface area contributed by atoms with Crippen molar-refractivity contribution in [2.75, 3.05) is 27.2 Å². The molecule has 1 aliphatic rings. The van der Waals surface area contributed by atoms with Crippen LogP contribution in [-0.4, -0.2) is 53.0 Å². The molecule has 0 atom stereocenters. The number of aromatic nitrogens is 2. The molecule has 0 bridgehead atoms. The zero-order chi connectivity index (χ0) is 12.4. The van der Waals surface area contributed by atoms with Crippen LogP contribution in [0.25, 0.3) is 0 Å². The number of hydrogen-bond acceptors (Lipinski definition) is 4. The molecule has 94 valence electrons. The first-order valence-electron chi connectivity index (χ1n) is 5.66. The minimum absolute atomic E-state index is 0.154. The summed E-state index contributed by atoms with van der Waals surface area (Å²) < 4.78 is 6.62. The van der Waals surface area contributed by atoms with E-state index in [9.17, 15) is 9.90 Å². The molecule has 6 heteroatoms. The molecular weight excluding hydrogens is 222 g/mol. The predicted molar refractivity (Wildman–Crippen MR) is 61.5 cm³/mol. The van der Waals surface area contributed by atoms with E-state index in [4.69, 9.17) is 4.74 Å². The van der Waals surface area contributed by atoms with Gasteiger partial charge in [-0.1, -0.05) is 0 Å². The number of carbonyl (C=O) groups is 1. The van der Waals surface area contributed by atoms with E-state index in [1.807, 2.05) is 0 Å².